The highest BCUT2D eigenvalue weighted by atomic mass is 16.3. The fourth-order valence-electron chi connectivity index (χ4n) is 2.13. The van der Waals surface area contributed by atoms with E-state index in [4.69, 9.17) is 0 Å². The molecule has 0 aromatic carbocycles. The standard InChI is InChI=1S/C18H12N6O6/c25-7-9-1-3-11(21-19-9)15(27)17(29)13-5-6-14(24-23-13)18(30)16(28)12-4-2-10(8-26)20-22-12/h1-8,27-30H/b17-15+,18-16+. The lowest BCUT2D eigenvalue weighted by atomic mass is 10.2. The van der Waals surface area contributed by atoms with Gasteiger partial charge in [-0.15, -0.1) is 30.6 Å². The van der Waals surface area contributed by atoms with E-state index in [9.17, 15) is 30.0 Å². The average Bonchev–Trinajstić information content (AvgIpc) is 2.82. The van der Waals surface area contributed by atoms with Crippen LogP contribution in [0.25, 0.3) is 23.0 Å². The van der Waals surface area contributed by atoms with Crippen molar-refractivity contribution in [3.05, 3.63) is 70.6 Å². The number of hydrogen-bond donors (Lipinski definition) is 4. The summed E-state index contributed by atoms with van der Waals surface area (Å²) in [7, 11) is 0. The van der Waals surface area contributed by atoms with Gasteiger partial charge >= 0.3 is 0 Å². The Labute approximate surface area is 167 Å². The van der Waals surface area contributed by atoms with Gasteiger partial charge in [0.25, 0.3) is 0 Å². The van der Waals surface area contributed by atoms with Gasteiger partial charge in [0.1, 0.15) is 34.2 Å². The van der Waals surface area contributed by atoms with Crippen LogP contribution in [0.5, 0.6) is 0 Å². The van der Waals surface area contributed by atoms with Crippen molar-refractivity contribution in [1.29, 1.82) is 0 Å². The van der Waals surface area contributed by atoms with E-state index in [-0.39, 0.29) is 34.2 Å². The quantitative estimate of drug-likeness (QED) is 0.340. The number of rotatable bonds is 6. The monoisotopic (exact) mass is 408 g/mol. The molecule has 12 heteroatoms. The van der Waals surface area contributed by atoms with Gasteiger partial charge in [-0.3, -0.25) is 9.59 Å². The van der Waals surface area contributed by atoms with Crippen LogP contribution in [-0.2, 0) is 0 Å². The summed E-state index contributed by atoms with van der Waals surface area (Å²) in [5, 5.41) is 62.1. The second kappa shape index (κ2) is 8.52. The van der Waals surface area contributed by atoms with Crippen LogP contribution in [0.15, 0.2) is 36.4 Å². The molecule has 3 aromatic heterocycles. The van der Waals surface area contributed by atoms with Crippen LogP contribution < -0.4 is 0 Å². The zero-order valence-corrected chi connectivity index (χ0v) is 14.9. The fourth-order valence-corrected chi connectivity index (χ4v) is 2.13. The number of carbonyl (C=O) groups is 2. The number of nitrogens with zero attached hydrogens (tertiary/aromatic N) is 6. The third kappa shape index (κ3) is 4.06. The molecule has 150 valence electrons. The number of hydrogen-bond acceptors (Lipinski definition) is 12. The molecule has 0 unspecified atom stereocenters. The van der Waals surface area contributed by atoms with Gasteiger partial charge in [-0.1, -0.05) is 0 Å². The van der Waals surface area contributed by atoms with Crippen molar-refractivity contribution in [2.75, 3.05) is 0 Å². The minimum Gasteiger partial charge on any atom is -0.503 e. The lowest BCUT2D eigenvalue weighted by Gasteiger charge is -2.06. The molecule has 0 aliphatic heterocycles. The van der Waals surface area contributed by atoms with Crippen molar-refractivity contribution >= 4 is 35.6 Å². The zero-order chi connectivity index (χ0) is 21.7. The molecule has 3 rings (SSSR count). The molecule has 0 fully saturated rings. The number of carbonyl (C=O) groups excluding carboxylic acids is 2. The largest absolute Gasteiger partial charge is 0.503 e. The Morgan fingerprint density at radius 2 is 0.767 bits per heavy atom. The molecule has 0 spiro atoms. The SMILES string of the molecule is O=Cc1ccc(/C(O)=C(\O)c2ccc(/C(O)=C(\O)c3ccc(C=O)nn3)nn2)nn1. The van der Waals surface area contributed by atoms with Crippen LogP contribution >= 0.6 is 0 Å². The minimum absolute atomic E-state index is 0.0442. The maximum absolute atomic E-state index is 10.6. The average molecular weight is 408 g/mol. The maximum Gasteiger partial charge on any atom is 0.188 e. The molecule has 4 N–H and O–H groups in total. The van der Waals surface area contributed by atoms with Gasteiger partial charge in [-0.25, -0.2) is 0 Å². The van der Waals surface area contributed by atoms with Crippen molar-refractivity contribution in [2.45, 2.75) is 0 Å². The Morgan fingerprint density at radius 1 is 0.500 bits per heavy atom. The first-order valence-electron chi connectivity index (χ1n) is 8.12. The van der Waals surface area contributed by atoms with Crippen LogP contribution in [-0.4, -0.2) is 63.6 Å². The van der Waals surface area contributed by atoms with E-state index in [0.29, 0.717) is 12.6 Å². The molecule has 0 atom stereocenters. The van der Waals surface area contributed by atoms with Crippen LogP contribution in [0.3, 0.4) is 0 Å². The Kier molecular flexibility index (Phi) is 5.68. The summed E-state index contributed by atoms with van der Waals surface area (Å²) in [6.07, 6.45) is 0.943. The highest BCUT2D eigenvalue weighted by molar-refractivity contribution is 5.82. The molecule has 30 heavy (non-hydrogen) atoms. The van der Waals surface area contributed by atoms with Crippen molar-refractivity contribution in [3.63, 3.8) is 0 Å². The second-order valence-corrected chi connectivity index (χ2v) is 5.62. The van der Waals surface area contributed by atoms with Gasteiger partial charge in [-0.2, -0.15) is 0 Å². The van der Waals surface area contributed by atoms with E-state index >= 15 is 0 Å². The molecule has 12 nitrogen and oxygen atoms in total. The highest BCUT2D eigenvalue weighted by Crippen LogP contribution is 2.22. The molecule has 0 bridgehead atoms. The predicted molar refractivity (Wildman–Crippen MR) is 101 cm³/mol. The molecule has 0 radical (unpaired) electrons. The Balaban J connectivity index is 1.88. The Hall–Kier alpha value is -4.74. The van der Waals surface area contributed by atoms with Gasteiger partial charge in [0.05, 0.1) is 0 Å². The summed E-state index contributed by atoms with van der Waals surface area (Å²) in [4.78, 5) is 21.2. The summed E-state index contributed by atoms with van der Waals surface area (Å²) in [5.41, 5.74) is -0.464. The molecule has 0 amide bonds. The summed E-state index contributed by atoms with van der Waals surface area (Å²) in [5.74, 6) is -2.67. The van der Waals surface area contributed by atoms with Crippen molar-refractivity contribution in [1.82, 2.24) is 30.6 Å². The van der Waals surface area contributed by atoms with Crippen molar-refractivity contribution in [2.24, 2.45) is 0 Å². The normalized spacial score (nSPS) is 12.5. The first kappa shape index (κ1) is 20.0. The van der Waals surface area contributed by atoms with E-state index in [1.807, 2.05) is 0 Å². The third-order valence-corrected chi connectivity index (χ3v) is 3.70. The lowest BCUT2D eigenvalue weighted by molar-refractivity contribution is 0.111. The number of aromatic nitrogens is 6. The molecule has 3 aromatic rings. The summed E-state index contributed by atoms with van der Waals surface area (Å²) in [6.45, 7) is 0. The van der Waals surface area contributed by atoms with E-state index < -0.39 is 23.0 Å². The predicted octanol–water partition coefficient (Wildman–Crippen LogP) is 1.57. The van der Waals surface area contributed by atoms with Gasteiger partial charge in [0.2, 0.25) is 0 Å². The Morgan fingerprint density at radius 3 is 0.967 bits per heavy atom. The van der Waals surface area contributed by atoms with Gasteiger partial charge in [0.15, 0.2) is 35.6 Å². The van der Waals surface area contributed by atoms with E-state index in [0.717, 1.165) is 0 Å². The first-order chi connectivity index (χ1) is 14.4. The van der Waals surface area contributed by atoms with E-state index in [1.54, 1.807) is 0 Å². The fraction of sp³-hybridized carbons (Fsp3) is 0. The minimum atomic E-state index is -0.676. The van der Waals surface area contributed by atoms with Crippen molar-refractivity contribution in [3.8, 4) is 0 Å². The molecule has 0 saturated heterocycles. The molecular weight excluding hydrogens is 396 g/mol. The smallest absolute Gasteiger partial charge is 0.188 e. The Bertz CT molecular complexity index is 1050. The summed E-state index contributed by atoms with van der Waals surface area (Å²) in [6, 6.07) is 7.56. The van der Waals surface area contributed by atoms with Crippen LogP contribution in [0.2, 0.25) is 0 Å². The zero-order valence-electron chi connectivity index (χ0n) is 14.9. The first-order valence-corrected chi connectivity index (χ1v) is 8.12. The van der Waals surface area contributed by atoms with Crippen LogP contribution in [0.1, 0.15) is 43.8 Å². The molecular formula is C18H12N6O6. The number of aliphatic hydroxyl groups excluding tert-OH is 4. The van der Waals surface area contributed by atoms with Crippen molar-refractivity contribution < 1.29 is 30.0 Å². The van der Waals surface area contributed by atoms with Crippen LogP contribution in [0, 0.1) is 0 Å². The lowest BCUT2D eigenvalue weighted by Crippen LogP contribution is -2.03. The molecule has 0 aliphatic carbocycles. The topological polar surface area (TPSA) is 192 Å². The number of aliphatic hydroxyl groups is 4. The molecule has 3 heterocycles. The van der Waals surface area contributed by atoms with Gasteiger partial charge in [-0.05, 0) is 36.4 Å². The maximum atomic E-state index is 10.6. The van der Waals surface area contributed by atoms with E-state index in [2.05, 4.69) is 30.6 Å². The summed E-state index contributed by atoms with van der Waals surface area (Å²) < 4.78 is 0. The molecule has 0 aliphatic rings. The third-order valence-electron chi connectivity index (χ3n) is 3.70. The number of aldehydes is 2. The van der Waals surface area contributed by atoms with Gasteiger partial charge in [0, 0.05) is 0 Å². The van der Waals surface area contributed by atoms with Gasteiger partial charge < -0.3 is 20.4 Å². The second-order valence-electron chi connectivity index (χ2n) is 5.62. The molecule has 0 saturated carbocycles. The van der Waals surface area contributed by atoms with E-state index in [1.165, 1.54) is 36.4 Å². The highest BCUT2D eigenvalue weighted by Gasteiger charge is 2.16. The van der Waals surface area contributed by atoms with Crippen LogP contribution in [0.4, 0.5) is 0 Å². The summed E-state index contributed by atoms with van der Waals surface area (Å²) >= 11 is 0.